The van der Waals surface area contributed by atoms with E-state index in [2.05, 4.69) is 181 Å². The van der Waals surface area contributed by atoms with E-state index in [1.807, 2.05) is 0 Å². The Hall–Kier alpha value is -6.48. The van der Waals surface area contributed by atoms with Crippen LogP contribution in [0, 0.1) is 0 Å². The van der Waals surface area contributed by atoms with Crippen LogP contribution in [0.2, 0.25) is 0 Å². The summed E-state index contributed by atoms with van der Waals surface area (Å²) in [7, 11) is 0. The Balaban J connectivity index is 1.19. The summed E-state index contributed by atoms with van der Waals surface area (Å²) in [6, 6.07) is 61.8. The summed E-state index contributed by atoms with van der Waals surface area (Å²) < 4.78 is 6.80. The molecule has 2 aromatic heterocycles. The zero-order chi connectivity index (χ0) is 34.2. The second-order valence-electron chi connectivity index (χ2n) is 13.6. The normalized spacial score (nSPS) is 11.8. The molecule has 52 heavy (non-hydrogen) atoms. The lowest BCUT2D eigenvalue weighted by atomic mass is 9.85. The van der Waals surface area contributed by atoms with Crippen LogP contribution in [-0.4, -0.2) is 0 Å². The van der Waals surface area contributed by atoms with E-state index < -0.39 is 0 Å². The highest BCUT2D eigenvalue weighted by Gasteiger charge is 2.22. The summed E-state index contributed by atoms with van der Waals surface area (Å²) in [4.78, 5) is 0. The molecule has 0 spiro atoms. The van der Waals surface area contributed by atoms with E-state index in [0.29, 0.717) is 0 Å². The van der Waals surface area contributed by atoms with Gasteiger partial charge >= 0.3 is 0 Å². The van der Waals surface area contributed by atoms with Crippen molar-refractivity contribution in [3.63, 3.8) is 0 Å². The molecule has 0 fully saturated rings. The summed E-state index contributed by atoms with van der Waals surface area (Å²) in [5.41, 5.74) is 11.7. The van der Waals surface area contributed by atoms with E-state index in [0.717, 1.165) is 27.5 Å². The van der Waals surface area contributed by atoms with Crippen molar-refractivity contribution in [3.05, 3.63) is 181 Å². The molecule has 9 aromatic carbocycles. The summed E-state index contributed by atoms with van der Waals surface area (Å²) in [5, 5.41) is 16.7. The predicted molar refractivity (Wildman–Crippen MR) is 223 cm³/mol. The zero-order valence-electron chi connectivity index (χ0n) is 28.1. The van der Waals surface area contributed by atoms with Gasteiger partial charge in [0, 0.05) is 10.8 Å². The molecule has 242 valence electrons. The molecule has 0 radical (unpaired) electrons. The van der Waals surface area contributed by atoms with E-state index in [1.165, 1.54) is 82.0 Å². The summed E-state index contributed by atoms with van der Waals surface area (Å²) >= 11 is 1.74. The highest BCUT2D eigenvalue weighted by Crippen LogP contribution is 2.48. The van der Waals surface area contributed by atoms with Crippen LogP contribution in [0.25, 0.3) is 110 Å². The van der Waals surface area contributed by atoms with Gasteiger partial charge in [-0.1, -0.05) is 146 Å². The van der Waals surface area contributed by atoms with E-state index in [9.17, 15) is 0 Å². The Bertz CT molecular complexity index is 3050. The van der Waals surface area contributed by atoms with E-state index >= 15 is 0 Å². The highest BCUT2D eigenvalue weighted by molar-refractivity contribution is 7.08. The molecular formula is C50H30OS. The van der Waals surface area contributed by atoms with Gasteiger partial charge in [0.15, 0.2) is 0 Å². The van der Waals surface area contributed by atoms with Crippen LogP contribution in [0.15, 0.2) is 185 Å². The lowest BCUT2D eigenvalue weighted by Gasteiger charge is -2.18. The maximum absolute atomic E-state index is 6.80. The average molecular weight is 679 g/mol. The lowest BCUT2D eigenvalue weighted by molar-refractivity contribution is 0.669. The molecule has 0 bridgehead atoms. The molecule has 1 nitrogen and oxygen atoms in total. The molecule has 0 aliphatic rings. The Kier molecular flexibility index (Phi) is 6.49. The molecule has 2 heteroatoms. The maximum atomic E-state index is 6.80. The molecule has 0 amide bonds. The number of thiophene rings is 1. The number of fused-ring (bicyclic) bond motifs is 7. The molecular weight excluding hydrogens is 649 g/mol. The summed E-state index contributed by atoms with van der Waals surface area (Å²) in [5.74, 6) is 0. The van der Waals surface area contributed by atoms with Gasteiger partial charge in [0.25, 0.3) is 0 Å². The fourth-order valence-corrected chi connectivity index (χ4v) is 9.33. The van der Waals surface area contributed by atoms with Gasteiger partial charge in [-0.25, -0.2) is 0 Å². The third-order valence-electron chi connectivity index (χ3n) is 10.8. The number of rotatable bonds is 4. The van der Waals surface area contributed by atoms with Crippen molar-refractivity contribution in [2.24, 2.45) is 0 Å². The molecule has 0 saturated carbocycles. The minimum atomic E-state index is 0.892. The number of furan rings is 1. The van der Waals surface area contributed by atoms with E-state index in [1.54, 1.807) is 11.3 Å². The maximum Gasteiger partial charge on any atom is 0.136 e. The third-order valence-corrected chi connectivity index (χ3v) is 11.5. The first-order chi connectivity index (χ1) is 25.8. The van der Waals surface area contributed by atoms with Crippen LogP contribution in [0.1, 0.15) is 0 Å². The second kappa shape index (κ2) is 11.5. The quantitative estimate of drug-likeness (QED) is 0.169. The van der Waals surface area contributed by atoms with E-state index in [-0.39, 0.29) is 0 Å². The first kappa shape index (κ1) is 29.3. The first-order valence-corrected chi connectivity index (χ1v) is 18.7. The smallest absolute Gasteiger partial charge is 0.136 e. The third kappa shape index (κ3) is 4.28. The Morgan fingerprint density at radius 2 is 0.827 bits per heavy atom. The Labute approximate surface area is 304 Å². The van der Waals surface area contributed by atoms with Crippen molar-refractivity contribution in [2.45, 2.75) is 0 Å². The standard InChI is InChI=1S/C50H30OS/c1-2-13-31(14-3-1)46-34-15-4-6-17-36(34)47(37-18-7-5-16-35(37)46)32-25-26-42-45(29-32)51-44-24-12-23-43(50(42)44)49-40-21-10-8-19-38(40)48(33-27-28-52-30-33)39-20-9-11-22-41(39)49/h1-30H. The van der Waals surface area contributed by atoms with Gasteiger partial charge in [0.05, 0.1) is 0 Å². The van der Waals surface area contributed by atoms with Gasteiger partial charge < -0.3 is 4.42 Å². The molecule has 0 saturated heterocycles. The van der Waals surface area contributed by atoms with Crippen molar-refractivity contribution in [3.8, 4) is 44.5 Å². The monoisotopic (exact) mass is 678 g/mol. The summed E-state index contributed by atoms with van der Waals surface area (Å²) in [6.07, 6.45) is 0. The lowest BCUT2D eigenvalue weighted by Crippen LogP contribution is -1.91. The largest absolute Gasteiger partial charge is 0.456 e. The fourth-order valence-electron chi connectivity index (χ4n) is 8.68. The highest BCUT2D eigenvalue weighted by atomic mass is 32.1. The second-order valence-corrected chi connectivity index (χ2v) is 14.3. The van der Waals surface area contributed by atoms with Crippen LogP contribution < -0.4 is 0 Å². The molecule has 0 aliphatic carbocycles. The van der Waals surface area contributed by atoms with Crippen molar-refractivity contribution < 1.29 is 4.42 Å². The van der Waals surface area contributed by atoms with Crippen molar-refractivity contribution in [1.29, 1.82) is 0 Å². The van der Waals surface area contributed by atoms with Crippen LogP contribution in [0.4, 0.5) is 0 Å². The molecule has 0 aliphatic heterocycles. The topological polar surface area (TPSA) is 13.1 Å². The Morgan fingerprint density at radius 3 is 1.37 bits per heavy atom. The molecule has 2 heterocycles. The molecule has 11 aromatic rings. The number of hydrogen-bond acceptors (Lipinski definition) is 2. The summed E-state index contributed by atoms with van der Waals surface area (Å²) in [6.45, 7) is 0. The van der Waals surface area contributed by atoms with E-state index in [4.69, 9.17) is 4.42 Å². The van der Waals surface area contributed by atoms with Crippen LogP contribution in [0.3, 0.4) is 0 Å². The SMILES string of the molecule is c1ccc(-c2c3ccccc3c(-c3ccc4c(c3)oc3cccc(-c5c6ccccc6c(-c6ccsc6)c6ccccc56)c34)c3ccccc23)cc1. The minimum absolute atomic E-state index is 0.892. The van der Waals surface area contributed by atoms with Crippen molar-refractivity contribution in [2.75, 3.05) is 0 Å². The van der Waals surface area contributed by atoms with Gasteiger partial charge in [0.1, 0.15) is 11.2 Å². The zero-order valence-corrected chi connectivity index (χ0v) is 29.0. The van der Waals surface area contributed by atoms with Crippen molar-refractivity contribution >= 4 is 76.4 Å². The van der Waals surface area contributed by atoms with Gasteiger partial charge in [0.2, 0.25) is 0 Å². The van der Waals surface area contributed by atoms with Crippen LogP contribution >= 0.6 is 11.3 Å². The minimum Gasteiger partial charge on any atom is -0.456 e. The first-order valence-electron chi connectivity index (χ1n) is 17.7. The predicted octanol–water partition coefficient (Wildman–Crippen LogP) is 14.9. The van der Waals surface area contributed by atoms with Crippen LogP contribution in [0.5, 0.6) is 0 Å². The van der Waals surface area contributed by atoms with Gasteiger partial charge in [-0.05, 0) is 123 Å². The van der Waals surface area contributed by atoms with Gasteiger partial charge in [-0.2, -0.15) is 11.3 Å². The van der Waals surface area contributed by atoms with Crippen LogP contribution in [-0.2, 0) is 0 Å². The van der Waals surface area contributed by atoms with Crippen molar-refractivity contribution in [1.82, 2.24) is 0 Å². The van der Waals surface area contributed by atoms with Gasteiger partial charge in [-0.15, -0.1) is 0 Å². The average Bonchev–Trinajstić information content (AvgIpc) is 3.87. The number of benzene rings is 9. The number of hydrogen-bond donors (Lipinski definition) is 0. The molecule has 11 rings (SSSR count). The molecule has 0 N–H and O–H groups in total. The fraction of sp³-hybridized carbons (Fsp3) is 0. The molecule has 0 atom stereocenters. The van der Waals surface area contributed by atoms with Gasteiger partial charge in [-0.3, -0.25) is 0 Å². The molecule has 0 unspecified atom stereocenters. The Morgan fingerprint density at radius 1 is 0.327 bits per heavy atom.